The van der Waals surface area contributed by atoms with Gasteiger partial charge in [-0.1, -0.05) is 35.4 Å². The van der Waals surface area contributed by atoms with E-state index in [2.05, 4.69) is 10.6 Å². The first-order chi connectivity index (χ1) is 16.8. The van der Waals surface area contributed by atoms with Crippen LogP contribution in [-0.4, -0.2) is 24.4 Å². The monoisotopic (exact) mass is 494 g/mol. The number of benzene rings is 3. The Morgan fingerprint density at radius 1 is 0.800 bits per heavy atom. The number of carbonyl (C=O) groups is 3. The topological polar surface area (TPSA) is 93.7 Å². The standard InChI is InChI=1S/C27H27ClN2O5/c1-18-6-12-22(13-7-18)35-23-14-10-21(11-15-23)29-25(31)4-3-5-27(33)34-17-26(32)30-24-16-20(28)9-8-19(24)2/h6-16H,3-5,17H2,1-2H3,(H,29,31)(H,30,32). The van der Waals surface area contributed by atoms with Gasteiger partial charge in [0.2, 0.25) is 5.91 Å². The largest absolute Gasteiger partial charge is 0.457 e. The van der Waals surface area contributed by atoms with Crippen LogP contribution in [0.25, 0.3) is 0 Å². The Morgan fingerprint density at radius 3 is 2.14 bits per heavy atom. The molecule has 0 heterocycles. The fourth-order valence-electron chi connectivity index (χ4n) is 3.10. The van der Waals surface area contributed by atoms with Crippen LogP contribution in [0.5, 0.6) is 11.5 Å². The van der Waals surface area contributed by atoms with Gasteiger partial charge in [0.1, 0.15) is 11.5 Å². The molecule has 182 valence electrons. The highest BCUT2D eigenvalue weighted by molar-refractivity contribution is 6.31. The molecule has 0 saturated heterocycles. The second-order valence-electron chi connectivity index (χ2n) is 8.01. The number of hydrogen-bond acceptors (Lipinski definition) is 5. The van der Waals surface area contributed by atoms with Gasteiger partial charge >= 0.3 is 5.97 Å². The van der Waals surface area contributed by atoms with Gasteiger partial charge in [-0.15, -0.1) is 0 Å². The second kappa shape index (κ2) is 12.6. The number of halogens is 1. The van der Waals surface area contributed by atoms with Crippen molar-refractivity contribution in [1.29, 1.82) is 0 Å². The van der Waals surface area contributed by atoms with Crippen molar-refractivity contribution < 1.29 is 23.9 Å². The van der Waals surface area contributed by atoms with Crippen molar-refractivity contribution in [3.05, 3.63) is 82.9 Å². The van der Waals surface area contributed by atoms with Gasteiger partial charge in [0.05, 0.1) is 0 Å². The Labute approximate surface area is 209 Å². The van der Waals surface area contributed by atoms with Gasteiger partial charge in [-0.3, -0.25) is 14.4 Å². The molecule has 0 unspecified atom stereocenters. The lowest BCUT2D eigenvalue weighted by atomic mass is 10.2. The maximum Gasteiger partial charge on any atom is 0.306 e. The zero-order valence-electron chi connectivity index (χ0n) is 19.6. The van der Waals surface area contributed by atoms with Crippen LogP contribution in [0.15, 0.2) is 66.7 Å². The molecule has 0 saturated carbocycles. The number of ether oxygens (including phenoxy) is 2. The number of aryl methyl sites for hydroxylation is 2. The van der Waals surface area contributed by atoms with Gasteiger partial charge in [0.15, 0.2) is 6.61 Å². The molecular formula is C27H27ClN2O5. The van der Waals surface area contributed by atoms with Gasteiger partial charge in [-0.2, -0.15) is 0 Å². The summed E-state index contributed by atoms with van der Waals surface area (Å²) in [4.78, 5) is 36.1. The fraction of sp³-hybridized carbons (Fsp3) is 0.222. The second-order valence-corrected chi connectivity index (χ2v) is 8.45. The zero-order chi connectivity index (χ0) is 25.2. The number of nitrogens with one attached hydrogen (secondary N) is 2. The average molecular weight is 495 g/mol. The summed E-state index contributed by atoms with van der Waals surface area (Å²) >= 11 is 5.93. The van der Waals surface area contributed by atoms with Crippen LogP contribution in [-0.2, 0) is 19.1 Å². The van der Waals surface area contributed by atoms with Gasteiger partial charge < -0.3 is 20.1 Å². The van der Waals surface area contributed by atoms with E-state index in [1.54, 1.807) is 42.5 Å². The summed E-state index contributed by atoms with van der Waals surface area (Å²) in [6.07, 6.45) is 0.471. The summed E-state index contributed by atoms with van der Waals surface area (Å²) in [7, 11) is 0. The van der Waals surface area contributed by atoms with Crippen molar-refractivity contribution in [3.8, 4) is 11.5 Å². The van der Waals surface area contributed by atoms with Crippen molar-refractivity contribution in [2.24, 2.45) is 0 Å². The Bertz CT molecular complexity index is 1180. The molecule has 3 rings (SSSR count). The molecule has 0 aliphatic heterocycles. The molecule has 35 heavy (non-hydrogen) atoms. The van der Waals surface area contributed by atoms with Crippen LogP contribution in [0, 0.1) is 13.8 Å². The van der Waals surface area contributed by atoms with Crippen LogP contribution in [0.4, 0.5) is 11.4 Å². The maximum atomic E-state index is 12.2. The Balaban J connectivity index is 1.33. The van der Waals surface area contributed by atoms with Crippen molar-refractivity contribution in [1.82, 2.24) is 0 Å². The van der Waals surface area contributed by atoms with Gasteiger partial charge in [0, 0.05) is 29.2 Å². The van der Waals surface area contributed by atoms with Crippen LogP contribution < -0.4 is 15.4 Å². The zero-order valence-corrected chi connectivity index (χ0v) is 20.4. The van der Waals surface area contributed by atoms with E-state index < -0.39 is 18.5 Å². The minimum atomic E-state index is -0.548. The molecule has 0 atom stereocenters. The molecule has 7 nitrogen and oxygen atoms in total. The van der Waals surface area contributed by atoms with E-state index in [-0.39, 0.29) is 18.7 Å². The van der Waals surface area contributed by atoms with Crippen LogP contribution >= 0.6 is 11.6 Å². The minimum Gasteiger partial charge on any atom is -0.457 e. The lowest BCUT2D eigenvalue weighted by Gasteiger charge is -2.10. The average Bonchev–Trinajstić information content (AvgIpc) is 2.83. The fourth-order valence-corrected chi connectivity index (χ4v) is 3.27. The van der Waals surface area contributed by atoms with Crippen molar-refractivity contribution in [2.75, 3.05) is 17.2 Å². The Hall–Kier alpha value is -3.84. The van der Waals surface area contributed by atoms with Gasteiger partial charge in [-0.05, 0) is 74.4 Å². The van der Waals surface area contributed by atoms with E-state index >= 15 is 0 Å². The van der Waals surface area contributed by atoms with Crippen LogP contribution in [0.1, 0.15) is 30.4 Å². The quantitative estimate of drug-likeness (QED) is 0.335. The molecule has 2 amide bonds. The molecule has 3 aromatic rings. The van der Waals surface area contributed by atoms with Crippen molar-refractivity contribution in [2.45, 2.75) is 33.1 Å². The predicted molar refractivity (Wildman–Crippen MR) is 136 cm³/mol. The number of esters is 1. The molecule has 2 N–H and O–H groups in total. The SMILES string of the molecule is Cc1ccc(Oc2ccc(NC(=O)CCCC(=O)OCC(=O)Nc3cc(Cl)ccc3C)cc2)cc1. The Kier molecular flexibility index (Phi) is 9.26. The van der Waals surface area contributed by atoms with E-state index in [1.165, 1.54) is 0 Å². The predicted octanol–water partition coefficient (Wildman–Crippen LogP) is 6.04. The van der Waals surface area contributed by atoms with E-state index in [1.807, 2.05) is 38.1 Å². The first kappa shape index (κ1) is 25.8. The number of anilines is 2. The van der Waals surface area contributed by atoms with Gasteiger partial charge in [0.25, 0.3) is 5.91 Å². The number of carbonyl (C=O) groups excluding carboxylic acids is 3. The van der Waals surface area contributed by atoms with E-state index in [4.69, 9.17) is 21.1 Å². The lowest BCUT2D eigenvalue weighted by molar-refractivity contribution is -0.147. The van der Waals surface area contributed by atoms with Crippen LogP contribution in [0.2, 0.25) is 5.02 Å². The highest BCUT2D eigenvalue weighted by Gasteiger charge is 2.11. The molecule has 0 aliphatic carbocycles. The molecule has 3 aromatic carbocycles. The van der Waals surface area contributed by atoms with E-state index in [0.29, 0.717) is 28.6 Å². The van der Waals surface area contributed by atoms with Crippen LogP contribution in [0.3, 0.4) is 0 Å². The number of rotatable bonds is 10. The number of hydrogen-bond donors (Lipinski definition) is 2. The molecular weight excluding hydrogens is 468 g/mol. The Morgan fingerprint density at radius 2 is 1.46 bits per heavy atom. The van der Waals surface area contributed by atoms with Gasteiger partial charge in [-0.25, -0.2) is 0 Å². The lowest BCUT2D eigenvalue weighted by Crippen LogP contribution is -2.21. The summed E-state index contributed by atoms with van der Waals surface area (Å²) in [5.74, 6) is 0.157. The highest BCUT2D eigenvalue weighted by atomic mass is 35.5. The molecule has 0 aromatic heterocycles. The maximum absolute atomic E-state index is 12.2. The normalized spacial score (nSPS) is 10.4. The summed E-state index contributed by atoms with van der Waals surface area (Å²) in [5.41, 5.74) is 3.18. The molecule has 8 heteroatoms. The molecule has 0 fully saturated rings. The number of amides is 2. The third-order valence-electron chi connectivity index (χ3n) is 5.02. The summed E-state index contributed by atoms with van der Waals surface area (Å²) in [6.45, 7) is 3.43. The van der Waals surface area contributed by atoms with E-state index in [9.17, 15) is 14.4 Å². The third-order valence-corrected chi connectivity index (χ3v) is 5.25. The van der Waals surface area contributed by atoms with E-state index in [0.717, 1.165) is 16.9 Å². The molecule has 0 radical (unpaired) electrons. The summed E-state index contributed by atoms with van der Waals surface area (Å²) in [5, 5.41) is 5.93. The molecule has 0 spiro atoms. The third kappa shape index (κ3) is 8.79. The molecule has 0 aliphatic rings. The molecule has 0 bridgehead atoms. The smallest absolute Gasteiger partial charge is 0.306 e. The first-order valence-electron chi connectivity index (χ1n) is 11.1. The minimum absolute atomic E-state index is 0.0280. The summed E-state index contributed by atoms with van der Waals surface area (Å²) < 4.78 is 10.8. The highest BCUT2D eigenvalue weighted by Crippen LogP contribution is 2.23. The summed E-state index contributed by atoms with van der Waals surface area (Å²) in [6, 6.07) is 19.9. The first-order valence-corrected chi connectivity index (χ1v) is 11.5. The van der Waals surface area contributed by atoms with Crippen molar-refractivity contribution in [3.63, 3.8) is 0 Å². The van der Waals surface area contributed by atoms with Crippen molar-refractivity contribution >= 4 is 40.8 Å².